The average molecular weight is 258 g/mol. The van der Waals surface area contributed by atoms with Crippen LogP contribution in [0.2, 0.25) is 0 Å². The number of amidine groups is 1. The summed E-state index contributed by atoms with van der Waals surface area (Å²) in [5, 5.41) is 11.5. The Morgan fingerprint density at radius 1 is 1.33 bits per heavy atom. The molecule has 0 spiro atoms. The molecule has 6 heteroatoms. The van der Waals surface area contributed by atoms with Crippen molar-refractivity contribution in [3.05, 3.63) is 0 Å². The van der Waals surface area contributed by atoms with E-state index in [0.717, 1.165) is 32.8 Å². The Morgan fingerprint density at radius 2 is 2.06 bits per heavy atom. The van der Waals surface area contributed by atoms with Gasteiger partial charge in [-0.1, -0.05) is 5.16 Å². The van der Waals surface area contributed by atoms with Gasteiger partial charge in [0.05, 0.1) is 6.61 Å². The van der Waals surface area contributed by atoms with Gasteiger partial charge in [0.15, 0.2) is 0 Å². The Labute approximate surface area is 109 Å². The maximum Gasteiger partial charge on any atom is 0.140 e. The van der Waals surface area contributed by atoms with Crippen molar-refractivity contribution in [2.75, 3.05) is 53.0 Å². The molecule has 106 valence electrons. The van der Waals surface area contributed by atoms with Crippen molar-refractivity contribution in [1.82, 2.24) is 9.80 Å². The monoisotopic (exact) mass is 258 g/mol. The lowest BCUT2D eigenvalue weighted by Gasteiger charge is -2.24. The molecule has 0 aromatic carbocycles. The van der Waals surface area contributed by atoms with E-state index >= 15 is 0 Å². The Hall–Kier alpha value is -0.850. The van der Waals surface area contributed by atoms with E-state index in [1.807, 2.05) is 0 Å². The molecule has 1 aliphatic rings. The minimum absolute atomic E-state index is 0.290. The first-order chi connectivity index (χ1) is 8.76. The molecule has 0 atom stereocenters. The predicted octanol–water partition coefficient (Wildman–Crippen LogP) is 0.167. The van der Waals surface area contributed by atoms with Crippen LogP contribution in [-0.2, 0) is 4.74 Å². The molecule has 0 radical (unpaired) electrons. The number of rotatable bonds is 9. The summed E-state index contributed by atoms with van der Waals surface area (Å²) in [7, 11) is 1.71. The SMILES string of the molecule is COCCN(CCC(N)=NO)CCN1CCCC1. The van der Waals surface area contributed by atoms with Gasteiger partial charge in [-0.05, 0) is 25.9 Å². The van der Waals surface area contributed by atoms with Crippen molar-refractivity contribution >= 4 is 5.84 Å². The smallest absolute Gasteiger partial charge is 0.140 e. The minimum atomic E-state index is 0.290. The third kappa shape index (κ3) is 6.18. The normalized spacial score (nSPS) is 17.8. The highest BCUT2D eigenvalue weighted by atomic mass is 16.5. The van der Waals surface area contributed by atoms with Crippen LogP contribution >= 0.6 is 0 Å². The van der Waals surface area contributed by atoms with Crippen molar-refractivity contribution in [2.45, 2.75) is 19.3 Å². The number of hydrogen-bond donors (Lipinski definition) is 2. The van der Waals surface area contributed by atoms with E-state index in [0.29, 0.717) is 12.3 Å². The van der Waals surface area contributed by atoms with E-state index < -0.39 is 0 Å². The third-order valence-electron chi connectivity index (χ3n) is 3.36. The van der Waals surface area contributed by atoms with Crippen LogP contribution in [0.1, 0.15) is 19.3 Å². The fourth-order valence-electron chi connectivity index (χ4n) is 2.17. The molecule has 1 aliphatic heterocycles. The summed E-state index contributed by atoms with van der Waals surface area (Å²) >= 11 is 0. The van der Waals surface area contributed by atoms with E-state index in [9.17, 15) is 0 Å². The quantitative estimate of drug-likeness (QED) is 0.267. The first-order valence-electron chi connectivity index (χ1n) is 6.66. The highest BCUT2D eigenvalue weighted by Gasteiger charge is 2.13. The Morgan fingerprint density at radius 3 is 2.67 bits per heavy atom. The summed E-state index contributed by atoms with van der Waals surface area (Å²) < 4.78 is 5.11. The number of nitrogens with zero attached hydrogens (tertiary/aromatic N) is 3. The zero-order valence-corrected chi connectivity index (χ0v) is 11.3. The number of ether oxygens (including phenoxy) is 1. The summed E-state index contributed by atoms with van der Waals surface area (Å²) in [6.45, 7) is 6.98. The number of methoxy groups -OCH3 is 1. The maximum atomic E-state index is 8.54. The van der Waals surface area contributed by atoms with Gasteiger partial charge in [-0.25, -0.2) is 0 Å². The molecule has 0 saturated carbocycles. The molecule has 1 rings (SSSR count). The van der Waals surface area contributed by atoms with Gasteiger partial charge in [-0.15, -0.1) is 0 Å². The maximum absolute atomic E-state index is 8.54. The van der Waals surface area contributed by atoms with Crippen LogP contribution in [0.4, 0.5) is 0 Å². The van der Waals surface area contributed by atoms with Gasteiger partial charge < -0.3 is 20.6 Å². The topological polar surface area (TPSA) is 74.3 Å². The van der Waals surface area contributed by atoms with E-state index in [1.165, 1.54) is 25.9 Å². The van der Waals surface area contributed by atoms with E-state index in [-0.39, 0.29) is 0 Å². The largest absolute Gasteiger partial charge is 0.409 e. The van der Waals surface area contributed by atoms with Crippen molar-refractivity contribution in [1.29, 1.82) is 0 Å². The van der Waals surface area contributed by atoms with Crippen LogP contribution < -0.4 is 5.73 Å². The summed E-state index contributed by atoms with van der Waals surface area (Å²) in [5.74, 6) is 0.290. The average Bonchev–Trinajstić information content (AvgIpc) is 2.90. The zero-order chi connectivity index (χ0) is 13.2. The number of nitrogens with two attached hydrogens (primary N) is 1. The van der Waals surface area contributed by atoms with Crippen molar-refractivity contribution < 1.29 is 9.94 Å². The molecular formula is C12H26N4O2. The molecule has 18 heavy (non-hydrogen) atoms. The lowest BCUT2D eigenvalue weighted by molar-refractivity contribution is 0.141. The lowest BCUT2D eigenvalue weighted by atomic mass is 10.3. The number of likely N-dealkylation sites (tertiary alicyclic amines) is 1. The number of oxime groups is 1. The van der Waals surface area contributed by atoms with Crippen molar-refractivity contribution in [2.24, 2.45) is 10.9 Å². The second kappa shape index (κ2) is 9.13. The van der Waals surface area contributed by atoms with Crippen LogP contribution in [-0.4, -0.2) is 73.8 Å². The standard InChI is InChI=1S/C12H26N4O2/c1-18-11-10-16(7-4-12(13)14-17)9-8-15-5-2-3-6-15/h17H,2-11H2,1H3,(H2,13,14). The molecule has 0 aromatic rings. The third-order valence-corrected chi connectivity index (χ3v) is 3.36. The first-order valence-corrected chi connectivity index (χ1v) is 6.66. The molecule has 6 nitrogen and oxygen atoms in total. The summed E-state index contributed by atoms with van der Waals surface area (Å²) in [6.07, 6.45) is 3.24. The van der Waals surface area contributed by atoms with Crippen molar-refractivity contribution in [3.63, 3.8) is 0 Å². The second-order valence-electron chi connectivity index (χ2n) is 4.72. The van der Waals surface area contributed by atoms with Crippen LogP contribution in [0.15, 0.2) is 5.16 Å². The van der Waals surface area contributed by atoms with Crippen LogP contribution in [0.25, 0.3) is 0 Å². The predicted molar refractivity (Wildman–Crippen MR) is 72.0 cm³/mol. The molecular weight excluding hydrogens is 232 g/mol. The van der Waals surface area contributed by atoms with E-state index in [4.69, 9.17) is 15.7 Å². The molecule has 0 unspecified atom stereocenters. The summed E-state index contributed by atoms with van der Waals surface area (Å²) in [4.78, 5) is 4.79. The summed E-state index contributed by atoms with van der Waals surface area (Å²) in [5.41, 5.74) is 5.50. The Bertz CT molecular complexity index is 242. The fourth-order valence-corrected chi connectivity index (χ4v) is 2.17. The number of hydrogen-bond acceptors (Lipinski definition) is 5. The molecule has 3 N–H and O–H groups in total. The zero-order valence-electron chi connectivity index (χ0n) is 11.3. The van der Waals surface area contributed by atoms with Gasteiger partial charge in [-0.3, -0.25) is 4.90 Å². The highest BCUT2D eigenvalue weighted by molar-refractivity contribution is 5.79. The van der Waals surface area contributed by atoms with Gasteiger partial charge in [0.25, 0.3) is 0 Å². The summed E-state index contributed by atoms with van der Waals surface area (Å²) in [6, 6.07) is 0. The van der Waals surface area contributed by atoms with Gasteiger partial charge >= 0.3 is 0 Å². The molecule has 1 fully saturated rings. The van der Waals surface area contributed by atoms with Crippen LogP contribution in [0.3, 0.4) is 0 Å². The van der Waals surface area contributed by atoms with E-state index in [2.05, 4.69) is 15.0 Å². The minimum Gasteiger partial charge on any atom is -0.409 e. The molecule has 0 aromatic heterocycles. The van der Waals surface area contributed by atoms with E-state index in [1.54, 1.807) is 7.11 Å². The lowest BCUT2D eigenvalue weighted by Crippen LogP contribution is -2.37. The Balaban J connectivity index is 2.24. The molecule has 0 aliphatic carbocycles. The molecule has 1 saturated heterocycles. The van der Waals surface area contributed by atoms with Gasteiger partial charge in [0, 0.05) is 39.7 Å². The van der Waals surface area contributed by atoms with Crippen LogP contribution in [0.5, 0.6) is 0 Å². The molecule has 1 heterocycles. The first kappa shape index (κ1) is 15.2. The van der Waals surface area contributed by atoms with Crippen LogP contribution in [0, 0.1) is 0 Å². The van der Waals surface area contributed by atoms with Gasteiger partial charge in [-0.2, -0.15) is 0 Å². The fraction of sp³-hybridized carbons (Fsp3) is 0.917. The van der Waals surface area contributed by atoms with Crippen molar-refractivity contribution in [3.8, 4) is 0 Å². The molecule has 0 bridgehead atoms. The molecule has 0 amide bonds. The second-order valence-corrected chi connectivity index (χ2v) is 4.72. The Kier molecular flexibility index (Phi) is 7.71. The van der Waals surface area contributed by atoms with Gasteiger partial charge in [0.1, 0.15) is 5.84 Å². The van der Waals surface area contributed by atoms with Gasteiger partial charge in [0.2, 0.25) is 0 Å². The highest BCUT2D eigenvalue weighted by Crippen LogP contribution is 2.06.